The summed E-state index contributed by atoms with van der Waals surface area (Å²) in [5.74, 6) is -1.20. The van der Waals surface area contributed by atoms with Gasteiger partial charge in [-0.15, -0.1) is 0 Å². The van der Waals surface area contributed by atoms with E-state index in [2.05, 4.69) is 0 Å². The molecule has 4 heteroatoms. The highest BCUT2D eigenvalue weighted by Gasteiger charge is 2.15. The first kappa shape index (κ1) is 16.0. The summed E-state index contributed by atoms with van der Waals surface area (Å²) >= 11 is 0. The van der Waals surface area contributed by atoms with Crippen LogP contribution in [0, 0.1) is 26.6 Å². The Balaban J connectivity index is 2.58. The molecule has 0 aliphatic heterocycles. The van der Waals surface area contributed by atoms with Crippen LogP contribution in [-0.4, -0.2) is 16.2 Å². The van der Waals surface area contributed by atoms with Gasteiger partial charge in [0.2, 0.25) is 0 Å². The van der Waals surface area contributed by atoms with E-state index >= 15 is 0 Å². The molecule has 22 heavy (non-hydrogen) atoms. The number of hydrogen-bond donors (Lipinski definition) is 2. The first-order valence-electron chi connectivity index (χ1n) is 7.11. The largest absolute Gasteiger partial charge is 0.507 e. The molecule has 2 aromatic rings. The Morgan fingerprint density at radius 2 is 1.82 bits per heavy atom. The predicted octanol–water partition coefficient (Wildman–Crippen LogP) is 4.14. The third kappa shape index (κ3) is 3.11. The van der Waals surface area contributed by atoms with E-state index in [-0.39, 0.29) is 24.4 Å². The monoisotopic (exact) mass is 302 g/mol. The van der Waals surface area contributed by atoms with E-state index in [9.17, 15) is 14.3 Å². The third-order valence-electron chi connectivity index (χ3n) is 3.94. The predicted molar refractivity (Wildman–Crippen MR) is 83.7 cm³/mol. The summed E-state index contributed by atoms with van der Waals surface area (Å²) in [6, 6.07) is 6.76. The summed E-state index contributed by atoms with van der Waals surface area (Å²) in [6.45, 7) is 5.49. The standard InChI is InChI=1S/C18H19FO3/c1-10-4-6-15(20)17(12(10)3)14-8-11(2)18(19)13(9-14)5-7-16(21)22/h4,6,8-9,20H,5,7H2,1-3H3,(H,21,22). The van der Waals surface area contributed by atoms with Crippen molar-refractivity contribution in [1.29, 1.82) is 0 Å². The van der Waals surface area contributed by atoms with E-state index in [0.29, 0.717) is 22.3 Å². The molecule has 0 saturated heterocycles. The number of phenolic OH excluding ortho intramolecular Hbond substituents is 1. The minimum atomic E-state index is -0.961. The van der Waals surface area contributed by atoms with Crippen LogP contribution < -0.4 is 0 Å². The molecule has 0 aromatic heterocycles. The Labute approximate surface area is 129 Å². The molecule has 116 valence electrons. The zero-order valence-corrected chi connectivity index (χ0v) is 12.9. The molecule has 3 nitrogen and oxygen atoms in total. The summed E-state index contributed by atoms with van der Waals surface area (Å²) in [5.41, 5.74) is 4.13. The maximum atomic E-state index is 14.2. The van der Waals surface area contributed by atoms with Crippen LogP contribution in [0.25, 0.3) is 11.1 Å². The Morgan fingerprint density at radius 1 is 1.14 bits per heavy atom. The molecule has 2 N–H and O–H groups in total. The van der Waals surface area contributed by atoms with Gasteiger partial charge in [0.05, 0.1) is 0 Å². The average Bonchev–Trinajstić information content (AvgIpc) is 2.45. The van der Waals surface area contributed by atoms with Gasteiger partial charge in [-0.05, 0) is 73.2 Å². The van der Waals surface area contributed by atoms with Crippen LogP contribution >= 0.6 is 0 Å². The van der Waals surface area contributed by atoms with Crippen molar-refractivity contribution in [2.24, 2.45) is 0 Å². The van der Waals surface area contributed by atoms with E-state index < -0.39 is 5.97 Å². The van der Waals surface area contributed by atoms with E-state index in [0.717, 1.165) is 11.1 Å². The van der Waals surface area contributed by atoms with Crippen molar-refractivity contribution < 1.29 is 19.4 Å². The van der Waals surface area contributed by atoms with Gasteiger partial charge >= 0.3 is 5.97 Å². The topological polar surface area (TPSA) is 57.5 Å². The SMILES string of the molecule is Cc1ccc(O)c(-c2cc(C)c(F)c(CCC(=O)O)c2)c1C. The molecular formula is C18H19FO3. The molecule has 0 amide bonds. The second-order valence-corrected chi connectivity index (χ2v) is 5.56. The number of carboxylic acids is 1. The quantitative estimate of drug-likeness (QED) is 0.892. The minimum absolute atomic E-state index is 0.126. The molecule has 0 aliphatic rings. The highest BCUT2D eigenvalue weighted by molar-refractivity contribution is 5.76. The van der Waals surface area contributed by atoms with E-state index in [1.165, 1.54) is 0 Å². The van der Waals surface area contributed by atoms with Crippen LogP contribution in [0.3, 0.4) is 0 Å². The Hall–Kier alpha value is -2.36. The highest BCUT2D eigenvalue weighted by Crippen LogP contribution is 2.36. The molecule has 2 rings (SSSR count). The van der Waals surface area contributed by atoms with Crippen LogP contribution in [0.1, 0.15) is 28.7 Å². The van der Waals surface area contributed by atoms with Gasteiger partial charge in [0.1, 0.15) is 11.6 Å². The van der Waals surface area contributed by atoms with Crippen LogP contribution in [-0.2, 0) is 11.2 Å². The lowest BCUT2D eigenvalue weighted by Crippen LogP contribution is -2.02. The minimum Gasteiger partial charge on any atom is -0.507 e. The number of aliphatic carboxylic acids is 1. The van der Waals surface area contributed by atoms with Gasteiger partial charge in [0.25, 0.3) is 0 Å². The first-order chi connectivity index (χ1) is 10.3. The molecule has 0 radical (unpaired) electrons. The zero-order valence-electron chi connectivity index (χ0n) is 12.9. The Kier molecular flexibility index (Phi) is 4.50. The number of aryl methyl sites for hydroxylation is 3. The lowest BCUT2D eigenvalue weighted by atomic mass is 9.92. The molecule has 0 unspecified atom stereocenters. The first-order valence-corrected chi connectivity index (χ1v) is 7.11. The van der Waals surface area contributed by atoms with Crippen LogP contribution in [0.15, 0.2) is 24.3 Å². The number of halogens is 1. The number of aromatic hydroxyl groups is 1. The van der Waals surface area contributed by atoms with Gasteiger partial charge in [-0.2, -0.15) is 0 Å². The molecule has 0 aliphatic carbocycles. The van der Waals surface area contributed by atoms with Gasteiger partial charge in [0.15, 0.2) is 0 Å². The number of benzene rings is 2. The van der Waals surface area contributed by atoms with Crippen molar-refractivity contribution in [2.75, 3.05) is 0 Å². The van der Waals surface area contributed by atoms with Crippen LogP contribution in [0.2, 0.25) is 0 Å². The van der Waals surface area contributed by atoms with Crippen molar-refractivity contribution in [3.8, 4) is 16.9 Å². The number of hydrogen-bond acceptors (Lipinski definition) is 2. The van der Waals surface area contributed by atoms with Crippen molar-refractivity contribution in [3.05, 3.63) is 52.3 Å². The fourth-order valence-electron chi connectivity index (χ4n) is 2.58. The number of carboxylic acid groups (broad SMARTS) is 1. The van der Waals surface area contributed by atoms with E-state index in [4.69, 9.17) is 5.11 Å². The molecule has 0 atom stereocenters. The lowest BCUT2D eigenvalue weighted by Gasteiger charge is -2.14. The van der Waals surface area contributed by atoms with Gasteiger partial charge in [-0.3, -0.25) is 4.79 Å². The smallest absolute Gasteiger partial charge is 0.303 e. The number of rotatable bonds is 4. The maximum Gasteiger partial charge on any atom is 0.303 e. The Bertz CT molecular complexity index is 736. The lowest BCUT2D eigenvalue weighted by molar-refractivity contribution is -0.136. The number of carbonyl (C=O) groups is 1. The van der Waals surface area contributed by atoms with Gasteiger partial charge in [-0.1, -0.05) is 6.07 Å². The molecule has 0 heterocycles. The summed E-state index contributed by atoms with van der Waals surface area (Å²) in [6.07, 6.45) is 0.0000665. The fraction of sp³-hybridized carbons (Fsp3) is 0.278. The maximum absolute atomic E-state index is 14.2. The molecule has 2 aromatic carbocycles. The molecule has 0 fully saturated rings. The van der Waals surface area contributed by atoms with Gasteiger partial charge in [-0.25, -0.2) is 4.39 Å². The number of phenols is 1. The summed E-state index contributed by atoms with van der Waals surface area (Å²) in [4.78, 5) is 10.7. The average molecular weight is 302 g/mol. The molecule has 0 bridgehead atoms. The van der Waals surface area contributed by atoms with E-state index in [1.807, 2.05) is 19.9 Å². The van der Waals surface area contributed by atoms with Crippen LogP contribution in [0.4, 0.5) is 4.39 Å². The van der Waals surface area contributed by atoms with Crippen molar-refractivity contribution in [3.63, 3.8) is 0 Å². The molecular weight excluding hydrogens is 283 g/mol. The van der Waals surface area contributed by atoms with Gasteiger partial charge < -0.3 is 10.2 Å². The highest BCUT2D eigenvalue weighted by atomic mass is 19.1. The fourth-order valence-corrected chi connectivity index (χ4v) is 2.58. The summed E-state index contributed by atoms with van der Waals surface area (Å²) in [7, 11) is 0. The van der Waals surface area contributed by atoms with Crippen molar-refractivity contribution in [2.45, 2.75) is 33.6 Å². The molecule has 0 spiro atoms. The van der Waals surface area contributed by atoms with Crippen molar-refractivity contribution in [1.82, 2.24) is 0 Å². The van der Waals surface area contributed by atoms with Crippen molar-refractivity contribution >= 4 is 5.97 Å². The van der Waals surface area contributed by atoms with E-state index in [1.54, 1.807) is 25.1 Å². The summed E-state index contributed by atoms with van der Waals surface area (Å²) in [5, 5.41) is 18.9. The third-order valence-corrected chi connectivity index (χ3v) is 3.94. The normalized spacial score (nSPS) is 10.7. The Morgan fingerprint density at radius 3 is 2.45 bits per heavy atom. The summed E-state index contributed by atoms with van der Waals surface area (Å²) < 4.78 is 14.2. The molecule has 0 saturated carbocycles. The van der Waals surface area contributed by atoms with Crippen LogP contribution in [0.5, 0.6) is 5.75 Å². The zero-order chi connectivity index (χ0) is 16.4. The van der Waals surface area contributed by atoms with Gasteiger partial charge in [0, 0.05) is 12.0 Å². The second kappa shape index (κ2) is 6.18. The second-order valence-electron chi connectivity index (χ2n) is 5.56.